The Kier molecular flexibility index (Phi) is 5.75. The molecule has 0 spiro atoms. The Morgan fingerprint density at radius 2 is 1.39 bits per heavy atom. The lowest BCUT2D eigenvalue weighted by atomic mass is 9.96. The standard InChI is InChI=1S/C31H27N7/c1-3-9-23(10-4-1)29(25-19-24-11-7-8-14-28(24)32-20-25)36-15-17-37(18-16-36)30-27-21-35-38(31(27)34-22-33-30)26-12-5-2-6-13-26/h1-14,19-22,29H,15-18H2. The van der Waals surface area contributed by atoms with Gasteiger partial charge in [-0.25, -0.2) is 14.6 Å². The Morgan fingerprint density at radius 1 is 0.658 bits per heavy atom. The highest BCUT2D eigenvalue weighted by molar-refractivity contribution is 5.87. The van der Waals surface area contributed by atoms with Crippen LogP contribution in [0.2, 0.25) is 0 Å². The molecule has 0 N–H and O–H groups in total. The van der Waals surface area contributed by atoms with E-state index in [1.54, 1.807) is 6.33 Å². The number of pyridine rings is 1. The molecule has 3 aromatic heterocycles. The predicted molar refractivity (Wildman–Crippen MR) is 150 cm³/mol. The minimum atomic E-state index is 0.140. The van der Waals surface area contributed by atoms with Gasteiger partial charge in [0.05, 0.1) is 28.8 Å². The van der Waals surface area contributed by atoms with E-state index in [-0.39, 0.29) is 6.04 Å². The van der Waals surface area contributed by atoms with E-state index >= 15 is 0 Å². The molecular formula is C31H27N7. The zero-order chi connectivity index (χ0) is 25.3. The van der Waals surface area contributed by atoms with Crippen molar-refractivity contribution >= 4 is 27.8 Å². The normalized spacial score (nSPS) is 15.2. The lowest BCUT2D eigenvalue weighted by Gasteiger charge is -2.40. The molecule has 1 aliphatic heterocycles. The molecule has 0 radical (unpaired) electrons. The van der Waals surface area contributed by atoms with Crippen molar-refractivity contribution < 1.29 is 0 Å². The highest BCUT2D eigenvalue weighted by Gasteiger charge is 2.28. The number of nitrogens with zero attached hydrogens (tertiary/aromatic N) is 7. The van der Waals surface area contributed by atoms with Crippen LogP contribution in [0.4, 0.5) is 5.82 Å². The number of hydrogen-bond donors (Lipinski definition) is 0. The van der Waals surface area contributed by atoms with Gasteiger partial charge in [-0.2, -0.15) is 5.10 Å². The number of anilines is 1. The molecule has 1 fully saturated rings. The molecule has 6 aromatic rings. The second-order valence-corrected chi connectivity index (χ2v) is 9.62. The van der Waals surface area contributed by atoms with Gasteiger partial charge in [0, 0.05) is 37.8 Å². The van der Waals surface area contributed by atoms with Crippen molar-refractivity contribution in [3.05, 3.63) is 121 Å². The fraction of sp³-hybridized carbons (Fsp3) is 0.161. The van der Waals surface area contributed by atoms with Gasteiger partial charge in [-0.3, -0.25) is 9.88 Å². The molecule has 38 heavy (non-hydrogen) atoms. The maximum atomic E-state index is 4.78. The van der Waals surface area contributed by atoms with Gasteiger partial charge in [-0.05, 0) is 35.4 Å². The van der Waals surface area contributed by atoms with Crippen molar-refractivity contribution in [2.24, 2.45) is 0 Å². The highest BCUT2D eigenvalue weighted by Crippen LogP contribution is 2.32. The quantitative estimate of drug-likeness (QED) is 0.323. The van der Waals surface area contributed by atoms with Crippen LogP contribution in [0.3, 0.4) is 0 Å². The molecule has 7 nitrogen and oxygen atoms in total. The van der Waals surface area contributed by atoms with Gasteiger partial charge in [0.25, 0.3) is 0 Å². The number of piperazine rings is 1. The number of benzene rings is 3. The molecule has 4 heterocycles. The van der Waals surface area contributed by atoms with E-state index in [9.17, 15) is 0 Å². The van der Waals surface area contributed by atoms with E-state index < -0.39 is 0 Å². The van der Waals surface area contributed by atoms with Crippen LogP contribution >= 0.6 is 0 Å². The number of hydrogen-bond acceptors (Lipinski definition) is 6. The average molecular weight is 498 g/mol. The third-order valence-corrected chi connectivity index (χ3v) is 7.37. The third kappa shape index (κ3) is 4.07. The lowest BCUT2D eigenvalue weighted by molar-refractivity contribution is 0.212. The minimum absolute atomic E-state index is 0.140. The minimum Gasteiger partial charge on any atom is -0.353 e. The molecule has 1 aliphatic rings. The summed E-state index contributed by atoms with van der Waals surface area (Å²) in [7, 11) is 0. The highest BCUT2D eigenvalue weighted by atomic mass is 15.3. The van der Waals surface area contributed by atoms with Gasteiger partial charge in [0.1, 0.15) is 12.1 Å². The van der Waals surface area contributed by atoms with E-state index in [4.69, 9.17) is 9.97 Å². The molecule has 3 aromatic carbocycles. The van der Waals surface area contributed by atoms with Gasteiger partial charge >= 0.3 is 0 Å². The van der Waals surface area contributed by atoms with Crippen molar-refractivity contribution in [1.29, 1.82) is 0 Å². The van der Waals surface area contributed by atoms with Gasteiger partial charge in [-0.15, -0.1) is 0 Å². The average Bonchev–Trinajstić information content (AvgIpc) is 3.43. The molecule has 186 valence electrons. The molecular weight excluding hydrogens is 470 g/mol. The van der Waals surface area contributed by atoms with Crippen LogP contribution in [0.1, 0.15) is 17.2 Å². The SMILES string of the molecule is c1ccc(C(c2cnc3ccccc3c2)N2CCN(c3ncnc4c3cnn4-c3ccccc3)CC2)cc1. The van der Waals surface area contributed by atoms with Crippen LogP contribution in [0, 0.1) is 0 Å². The third-order valence-electron chi connectivity index (χ3n) is 7.37. The number of para-hydroxylation sites is 2. The van der Waals surface area contributed by atoms with Crippen LogP contribution in [0.15, 0.2) is 110 Å². The summed E-state index contributed by atoms with van der Waals surface area (Å²) in [5.41, 5.74) is 5.35. The predicted octanol–water partition coefficient (Wildman–Crippen LogP) is 5.28. The first-order valence-electron chi connectivity index (χ1n) is 13.0. The monoisotopic (exact) mass is 497 g/mol. The van der Waals surface area contributed by atoms with E-state index in [2.05, 4.69) is 74.5 Å². The summed E-state index contributed by atoms with van der Waals surface area (Å²) < 4.78 is 1.88. The first-order valence-corrected chi connectivity index (χ1v) is 13.0. The molecule has 7 rings (SSSR count). The zero-order valence-corrected chi connectivity index (χ0v) is 20.9. The van der Waals surface area contributed by atoms with Gasteiger partial charge in [0.15, 0.2) is 5.65 Å². The Balaban J connectivity index is 1.18. The van der Waals surface area contributed by atoms with Crippen molar-refractivity contribution in [3.8, 4) is 5.69 Å². The largest absolute Gasteiger partial charge is 0.353 e. The van der Waals surface area contributed by atoms with Crippen LogP contribution in [-0.2, 0) is 0 Å². The Hall–Kier alpha value is -4.62. The summed E-state index contributed by atoms with van der Waals surface area (Å²) in [6, 6.07) is 31.6. The molecule has 0 aliphatic carbocycles. The first-order chi connectivity index (χ1) is 18.8. The van der Waals surface area contributed by atoms with Crippen LogP contribution < -0.4 is 4.90 Å². The maximum absolute atomic E-state index is 4.78. The summed E-state index contributed by atoms with van der Waals surface area (Å²) in [5, 5.41) is 6.78. The summed E-state index contributed by atoms with van der Waals surface area (Å²) >= 11 is 0. The fourth-order valence-electron chi connectivity index (χ4n) is 5.52. The second-order valence-electron chi connectivity index (χ2n) is 9.62. The molecule has 1 atom stereocenters. The summed E-state index contributed by atoms with van der Waals surface area (Å²) in [4.78, 5) is 19.0. The summed E-state index contributed by atoms with van der Waals surface area (Å²) in [5.74, 6) is 0.945. The molecule has 1 saturated heterocycles. The lowest BCUT2D eigenvalue weighted by Crippen LogP contribution is -2.48. The van der Waals surface area contributed by atoms with Crippen LogP contribution in [-0.4, -0.2) is 55.8 Å². The van der Waals surface area contributed by atoms with E-state index in [1.807, 2.05) is 53.5 Å². The maximum Gasteiger partial charge on any atom is 0.168 e. The Bertz CT molecular complexity index is 1690. The summed E-state index contributed by atoms with van der Waals surface area (Å²) in [6.07, 6.45) is 5.58. The van der Waals surface area contributed by atoms with Crippen LogP contribution in [0.5, 0.6) is 0 Å². The van der Waals surface area contributed by atoms with Gasteiger partial charge < -0.3 is 4.90 Å². The molecule has 0 saturated carbocycles. The number of aromatic nitrogens is 5. The Morgan fingerprint density at radius 3 is 2.21 bits per heavy atom. The fourth-order valence-corrected chi connectivity index (χ4v) is 5.52. The second kappa shape index (κ2) is 9.68. The topological polar surface area (TPSA) is 63.0 Å². The van der Waals surface area contributed by atoms with Crippen molar-refractivity contribution in [2.45, 2.75) is 6.04 Å². The van der Waals surface area contributed by atoms with E-state index in [1.165, 1.54) is 16.5 Å². The van der Waals surface area contributed by atoms with E-state index in [0.717, 1.165) is 54.2 Å². The molecule has 1 unspecified atom stereocenters. The van der Waals surface area contributed by atoms with Crippen molar-refractivity contribution in [3.63, 3.8) is 0 Å². The smallest absolute Gasteiger partial charge is 0.168 e. The molecule has 0 amide bonds. The molecule has 0 bridgehead atoms. The zero-order valence-electron chi connectivity index (χ0n) is 20.9. The summed E-state index contributed by atoms with van der Waals surface area (Å²) in [6.45, 7) is 3.55. The van der Waals surface area contributed by atoms with Crippen LogP contribution in [0.25, 0.3) is 27.6 Å². The van der Waals surface area contributed by atoms with E-state index in [0.29, 0.717) is 0 Å². The van der Waals surface area contributed by atoms with Crippen molar-refractivity contribution in [2.75, 3.05) is 31.1 Å². The van der Waals surface area contributed by atoms with Crippen molar-refractivity contribution in [1.82, 2.24) is 29.6 Å². The van der Waals surface area contributed by atoms with Gasteiger partial charge in [0.2, 0.25) is 0 Å². The number of rotatable bonds is 5. The first kappa shape index (κ1) is 22.6. The molecule has 7 heteroatoms. The number of fused-ring (bicyclic) bond motifs is 2. The Labute approximate surface area is 221 Å². The van der Waals surface area contributed by atoms with Gasteiger partial charge in [-0.1, -0.05) is 66.7 Å².